The summed E-state index contributed by atoms with van der Waals surface area (Å²) in [4.78, 5) is 0. The Morgan fingerprint density at radius 1 is 0.828 bits per heavy atom. The third-order valence-corrected chi connectivity index (χ3v) is 5.72. The smallest absolute Gasteiger partial charge is 0.114 e. The summed E-state index contributed by atoms with van der Waals surface area (Å²) in [6, 6.07) is 0. The Morgan fingerprint density at radius 3 is 1.97 bits per heavy atom. The molecule has 5 heteroatoms. The topological polar surface area (TPSA) is 79.2 Å². The van der Waals surface area contributed by atoms with E-state index >= 15 is 0 Å². The molecule has 0 spiro atoms. The quantitative estimate of drug-likeness (QED) is 0.227. The third-order valence-electron chi connectivity index (χ3n) is 5.72. The lowest BCUT2D eigenvalue weighted by Crippen LogP contribution is -2.55. The van der Waals surface area contributed by atoms with Crippen molar-refractivity contribution in [2.45, 2.75) is 121 Å². The molecule has 29 heavy (non-hydrogen) atoms. The number of unbranched alkanes of at least 4 members (excludes halogenated alkanes) is 12. The zero-order chi connectivity index (χ0) is 21.2. The predicted molar refractivity (Wildman–Crippen MR) is 118 cm³/mol. The van der Waals surface area contributed by atoms with Crippen LogP contribution >= 0.6 is 0 Å². The number of ether oxygens (including phenoxy) is 2. The molecule has 1 aliphatic heterocycles. The minimum absolute atomic E-state index is 0.0891. The van der Waals surface area contributed by atoms with Crippen LogP contribution in [-0.2, 0) is 9.47 Å². The summed E-state index contributed by atoms with van der Waals surface area (Å²) in [5, 5.41) is 29.1. The lowest BCUT2D eigenvalue weighted by Gasteiger charge is -2.37. The van der Waals surface area contributed by atoms with Crippen molar-refractivity contribution in [3.8, 4) is 0 Å². The highest BCUT2D eigenvalue weighted by Crippen LogP contribution is 2.19. The van der Waals surface area contributed by atoms with E-state index in [9.17, 15) is 10.2 Å². The van der Waals surface area contributed by atoms with Crippen LogP contribution < -0.4 is 0 Å². The lowest BCUT2D eigenvalue weighted by molar-refractivity contribution is -0.210. The Balaban J connectivity index is 1.88. The van der Waals surface area contributed by atoms with E-state index < -0.39 is 24.4 Å². The molecule has 5 nitrogen and oxygen atoms in total. The van der Waals surface area contributed by atoms with Gasteiger partial charge in [-0.05, 0) is 25.7 Å². The number of hydrogen-bond donors (Lipinski definition) is 3. The Labute approximate surface area is 178 Å². The SMILES string of the molecule is CCCCCCCCCCCCC/C=C/CCCO[C@H]1[C@H](O)[C@@H](CO)OC[C@@H]1O. The zero-order valence-electron chi connectivity index (χ0n) is 18.6. The largest absolute Gasteiger partial charge is 0.394 e. The van der Waals surface area contributed by atoms with Crippen molar-refractivity contribution in [3.05, 3.63) is 12.2 Å². The Kier molecular flexibility index (Phi) is 16.8. The van der Waals surface area contributed by atoms with E-state index in [4.69, 9.17) is 14.6 Å². The monoisotopic (exact) mass is 414 g/mol. The van der Waals surface area contributed by atoms with Crippen LogP contribution in [0.1, 0.15) is 96.8 Å². The average Bonchev–Trinajstić information content (AvgIpc) is 2.72. The van der Waals surface area contributed by atoms with Crippen molar-refractivity contribution >= 4 is 0 Å². The van der Waals surface area contributed by atoms with Crippen molar-refractivity contribution in [3.63, 3.8) is 0 Å². The molecule has 0 amide bonds. The second-order valence-electron chi connectivity index (χ2n) is 8.39. The molecule has 1 fully saturated rings. The molecule has 172 valence electrons. The molecule has 1 heterocycles. The fourth-order valence-electron chi connectivity index (χ4n) is 3.81. The fraction of sp³-hybridized carbons (Fsp3) is 0.917. The van der Waals surface area contributed by atoms with Gasteiger partial charge in [0.25, 0.3) is 0 Å². The van der Waals surface area contributed by atoms with Gasteiger partial charge >= 0.3 is 0 Å². The van der Waals surface area contributed by atoms with Gasteiger partial charge in [0.2, 0.25) is 0 Å². The summed E-state index contributed by atoms with van der Waals surface area (Å²) in [7, 11) is 0. The zero-order valence-corrected chi connectivity index (χ0v) is 18.6. The number of hydrogen-bond acceptors (Lipinski definition) is 5. The van der Waals surface area contributed by atoms with Gasteiger partial charge in [-0.1, -0.05) is 83.3 Å². The van der Waals surface area contributed by atoms with Crippen LogP contribution in [0.2, 0.25) is 0 Å². The molecule has 1 rings (SSSR count). The van der Waals surface area contributed by atoms with Gasteiger partial charge in [0.1, 0.15) is 24.4 Å². The van der Waals surface area contributed by atoms with Crippen LogP contribution in [0.15, 0.2) is 12.2 Å². The molecule has 1 aliphatic rings. The van der Waals surface area contributed by atoms with Gasteiger partial charge in [-0.3, -0.25) is 0 Å². The van der Waals surface area contributed by atoms with Crippen molar-refractivity contribution in [1.29, 1.82) is 0 Å². The minimum Gasteiger partial charge on any atom is -0.394 e. The van der Waals surface area contributed by atoms with Crippen LogP contribution in [0.25, 0.3) is 0 Å². The Bertz CT molecular complexity index is 387. The maximum absolute atomic E-state index is 10.1. The number of aliphatic hydroxyl groups is 3. The Morgan fingerprint density at radius 2 is 1.38 bits per heavy atom. The molecule has 0 aromatic carbocycles. The Hall–Kier alpha value is -0.460. The van der Waals surface area contributed by atoms with Crippen LogP contribution in [0, 0.1) is 0 Å². The minimum atomic E-state index is -0.986. The highest BCUT2D eigenvalue weighted by atomic mass is 16.6. The normalized spacial score (nSPS) is 25.1. The van der Waals surface area contributed by atoms with Crippen LogP contribution in [0.3, 0.4) is 0 Å². The first-order chi connectivity index (χ1) is 14.2. The van der Waals surface area contributed by atoms with Crippen LogP contribution in [0.4, 0.5) is 0 Å². The van der Waals surface area contributed by atoms with E-state index in [0.717, 1.165) is 19.3 Å². The maximum Gasteiger partial charge on any atom is 0.114 e. The van der Waals surface area contributed by atoms with E-state index in [1.54, 1.807) is 0 Å². The van der Waals surface area contributed by atoms with Gasteiger partial charge in [-0.25, -0.2) is 0 Å². The molecule has 4 atom stereocenters. The molecular weight excluding hydrogens is 368 g/mol. The first-order valence-corrected chi connectivity index (χ1v) is 12.1. The summed E-state index contributed by atoms with van der Waals surface area (Å²) in [5.41, 5.74) is 0. The third kappa shape index (κ3) is 12.7. The van der Waals surface area contributed by atoms with Crippen molar-refractivity contribution in [2.24, 2.45) is 0 Å². The summed E-state index contributed by atoms with van der Waals surface area (Å²) in [6.07, 6.45) is 19.4. The van der Waals surface area contributed by atoms with Crippen molar-refractivity contribution in [2.75, 3.05) is 19.8 Å². The highest BCUT2D eigenvalue weighted by molar-refractivity contribution is 4.88. The first-order valence-electron chi connectivity index (χ1n) is 12.1. The van der Waals surface area contributed by atoms with Gasteiger partial charge in [-0.15, -0.1) is 0 Å². The maximum atomic E-state index is 10.1. The van der Waals surface area contributed by atoms with Crippen molar-refractivity contribution < 1.29 is 24.8 Å². The number of rotatable bonds is 18. The standard InChI is InChI=1S/C24H46O5/c1-2-3-4-5-6-7-8-9-10-11-12-13-14-15-16-17-18-28-24-21(26)20-29-22(19-25)23(24)27/h14-15,21-27H,2-13,16-20H2,1H3/b15-14+/t21-,22+,23+,24+/m0/s1. The molecule has 1 saturated heterocycles. The van der Waals surface area contributed by atoms with E-state index in [1.807, 2.05) is 0 Å². The highest BCUT2D eigenvalue weighted by Gasteiger charge is 2.38. The second kappa shape index (κ2) is 18.3. The molecular formula is C24H46O5. The average molecular weight is 415 g/mol. The molecule has 0 aromatic rings. The molecule has 0 bridgehead atoms. The second-order valence-corrected chi connectivity index (χ2v) is 8.39. The van der Waals surface area contributed by atoms with E-state index in [-0.39, 0.29) is 13.2 Å². The van der Waals surface area contributed by atoms with Gasteiger partial charge in [0.15, 0.2) is 0 Å². The predicted octanol–water partition coefficient (Wildman–Crippen LogP) is 4.52. The van der Waals surface area contributed by atoms with E-state index in [2.05, 4.69) is 19.1 Å². The van der Waals surface area contributed by atoms with Gasteiger partial charge < -0.3 is 24.8 Å². The van der Waals surface area contributed by atoms with Gasteiger partial charge in [-0.2, -0.15) is 0 Å². The van der Waals surface area contributed by atoms with Crippen LogP contribution in [-0.4, -0.2) is 59.6 Å². The first kappa shape index (κ1) is 26.6. The molecule has 0 aromatic heterocycles. The molecule has 0 unspecified atom stereocenters. The van der Waals surface area contributed by atoms with E-state index in [0.29, 0.717) is 6.61 Å². The lowest BCUT2D eigenvalue weighted by atomic mass is 10.0. The van der Waals surface area contributed by atoms with Crippen molar-refractivity contribution in [1.82, 2.24) is 0 Å². The van der Waals surface area contributed by atoms with Crippen LogP contribution in [0.5, 0.6) is 0 Å². The fourth-order valence-corrected chi connectivity index (χ4v) is 3.81. The molecule has 0 radical (unpaired) electrons. The summed E-state index contributed by atoms with van der Waals surface area (Å²) >= 11 is 0. The van der Waals surface area contributed by atoms with Gasteiger partial charge in [0.05, 0.1) is 13.2 Å². The number of allylic oxidation sites excluding steroid dienone is 2. The summed E-state index contributed by atoms with van der Waals surface area (Å²) < 4.78 is 10.8. The molecule has 3 N–H and O–H groups in total. The molecule has 0 aliphatic carbocycles. The van der Waals surface area contributed by atoms with E-state index in [1.165, 1.54) is 70.6 Å². The molecule has 0 saturated carbocycles. The number of aliphatic hydroxyl groups excluding tert-OH is 3. The summed E-state index contributed by atoms with van der Waals surface area (Å²) in [5.74, 6) is 0. The van der Waals surface area contributed by atoms with Gasteiger partial charge in [0, 0.05) is 6.61 Å². The summed E-state index contributed by atoms with van der Waals surface area (Å²) in [6.45, 7) is 2.57.